The molecule has 0 aliphatic carbocycles. The number of likely N-dealkylation sites (tertiary alicyclic amines) is 1. The molecule has 1 fully saturated rings. The Labute approximate surface area is 156 Å². The Bertz CT molecular complexity index is 689. The molecule has 2 aliphatic heterocycles. The number of amides is 2. The fraction of sp³-hybridized carbons (Fsp3) is 0.706. The van der Waals surface area contributed by atoms with Crippen LogP contribution in [0, 0.1) is 12.8 Å². The molecule has 2 aliphatic rings. The van der Waals surface area contributed by atoms with E-state index in [0.717, 1.165) is 16.6 Å². The van der Waals surface area contributed by atoms with Gasteiger partial charge in [-0.25, -0.2) is 4.79 Å². The van der Waals surface area contributed by atoms with Gasteiger partial charge in [-0.3, -0.25) is 9.48 Å². The van der Waals surface area contributed by atoms with E-state index in [0.29, 0.717) is 32.7 Å². The van der Waals surface area contributed by atoms with Crippen LogP contribution in [0.5, 0.6) is 0 Å². The Morgan fingerprint density at radius 2 is 1.84 bits per heavy atom. The lowest BCUT2D eigenvalue weighted by atomic mass is 9.99. The first-order valence-corrected chi connectivity index (χ1v) is 9.43. The van der Waals surface area contributed by atoms with Crippen LogP contribution in [0.3, 0.4) is 0 Å². The van der Waals surface area contributed by atoms with Crippen molar-refractivity contribution in [2.45, 2.75) is 46.3 Å². The molecule has 25 heavy (non-hydrogen) atoms. The molecule has 0 radical (unpaired) electrons. The topological polar surface area (TPSA) is 67.7 Å². The molecular formula is C17H25BrN4O3. The Kier molecular flexibility index (Phi) is 4.83. The zero-order valence-corrected chi connectivity index (χ0v) is 16.8. The highest BCUT2D eigenvalue weighted by molar-refractivity contribution is 9.10. The highest BCUT2D eigenvalue weighted by atomic mass is 79.9. The number of carbonyl (C=O) groups excluding carboxylic acids is 2. The summed E-state index contributed by atoms with van der Waals surface area (Å²) < 4.78 is 8.21. The summed E-state index contributed by atoms with van der Waals surface area (Å²) in [4.78, 5) is 28.2. The molecule has 7 nitrogen and oxygen atoms in total. The molecule has 1 aromatic rings. The fourth-order valence-corrected chi connectivity index (χ4v) is 3.63. The Morgan fingerprint density at radius 1 is 1.16 bits per heavy atom. The number of hydrogen-bond acceptors (Lipinski definition) is 4. The molecule has 2 amide bonds. The van der Waals surface area contributed by atoms with Crippen LogP contribution in [0.4, 0.5) is 4.79 Å². The van der Waals surface area contributed by atoms with Crippen molar-refractivity contribution in [2.24, 2.45) is 5.92 Å². The fourth-order valence-electron chi connectivity index (χ4n) is 3.21. The van der Waals surface area contributed by atoms with Gasteiger partial charge in [-0.2, -0.15) is 5.10 Å². The summed E-state index contributed by atoms with van der Waals surface area (Å²) in [5.74, 6) is 0.00746. The molecule has 138 valence electrons. The standard InChI is InChI=1S/C17H25BrN4O3/c1-11-13-5-6-20(7-8-22(13)19-14(11)18)15(23)12-9-21(10-12)16(24)25-17(2,3)4/h12H,5-10H2,1-4H3. The van der Waals surface area contributed by atoms with Crippen molar-refractivity contribution in [3.8, 4) is 0 Å². The predicted molar refractivity (Wildman–Crippen MR) is 96.2 cm³/mol. The van der Waals surface area contributed by atoms with Gasteiger partial charge in [-0.1, -0.05) is 0 Å². The van der Waals surface area contributed by atoms with Crippen molar-refractivity contribution in [1.82, 2.24) is 19.6 Å². The second kappa shape index (κ2) is 6.63. The van der Waals surface area contributed by atoms with Crippen molar-refractivity contribution in [1.29, 1.82) is 0 Å². The van der Waals surface area contributed by atoms with Gasteiger partial charge in [-0.05, 0) is 43.6 Å². The Hall–Kier alpha value is -1.57. The lowest BCUT2D eigenvalue weighted by molar-refractivity contribution is -0.140. The predicted octanol–water partition coefficient (Wildman–Crippen LogP) is 2.21. The van der Waals surface area contributed by atoms with Crippen molar-refractivity contribution in [3.63, 3.8) is 0 Å². The van der Waals surface area contributed by atoms with E-state index in [1.54, 1.807) is 4.90 Å². The summed E-state index contributed by atoms with van der Waals surface area (Å²) in [5.41, 5.74) is 1.82. The lowest BCUT2D eigenvalue weighted by Crippen LogP contribution is -2.57. The summed E-state index contributed by atoms with van der Waals surface area (Å²) in [5, 5.41) is 4.48. The third kappa shape index (κ3) is 3.83. The van der Waals surface area contributed by atoms with Gasteiger partial charge in [0.1, 0.15) is 10.2 Å². The normalized spacial score (nSPS) is 18.4. The summed E-state index contributed by atoms with van der Waals surface area (Å²) in [6.45, 7) is 10.5. The minimum absolute atomic E-state index is 0.120. The van der Waals surface area contributed by atoms with Gasteiger partial charge in [0, 0.05) is 43.9 Å². The second-order valence-electron chi connectivity index (χ2n) is 7.74. The van der Waals surface area contributed by atoms with E-state index >= 15 is 0 Å². The molecule has 0 N–H and O–H groups in total. The maximum Gasteiger partial charge on any atom is 0.410 e. The number of rotatable bonds is 1. The van der Waals surface area contributed by atoms with E-state index in [-0.39, 0.29) is 17.9 Å². The minimum atomic E-state index is -0.510. The molecule has 0 unspecified atom stereocenters. The summed E-state index contributed by atoms with van der Waals surface area (Å²) in [7, 11) is 0. The second-order valence-corrected chi connectivity index (χ2v) is 8.49. The molecule has 0 atom stereocenters. The van der Waals surface area contributed by atoms with Crippen molar-refractivity contribution in [3.05, 3.63) is 15.9 Å². The average molecular weight is 413 g/mol. The van der Waals surface area contributed by atoms with E-state index in [4.69, 9.17) is 4.74 Å². The van der Waals surface area contributed by atoms with Crippen LogP contribution < -0.4 is 0 Å². The number of nitrogens with zero attached hydrogens (tertiary/aromatic N) is 4. The molecule has 8 heteroatoms. The zero-order chi connectivity index (χ0) is 18.4. The van der Waals surface area contributed by atoms with Gasteiger partial charge in [-0.15, -0.1) is 0 Å². The monoisotopic (exact) mass is 412 g/mol. The minimum Gasteiger partial charge on any atom is -0.444 e. The van der Waals surface area contributed by atoms with Crippen LogP contribution in [0.1, 0.15) is 32.0 Å². The van der Waals surface area contributed by atoms with Crippen molar-refractivity contribution in [2.75, 3.05) is 26.2 Å². The first-order chi connectivity index (χ1) is 11.7. The number of fused-ring (bicyclic) bond motifs is 1. The zero-order valence-electron chi connectivity index (χ0n) is 15.2. The summed E-state index contributed by atoms with van der Waals surface area (Å²) in [6, 6.07) is 0. The average Bonchev–Trinajstić information content (AvgIpc) is 2.62. The molecule has 1 aromatic heterocycles. The summed E-state index contributed by atoms with van der Waals surface area (Å²) in [6.07, 6.45) is 0.464. The van der Waals surface area contributed by atoms with Crippen LogP contribution in [0.25, 0.3) is 0 Å². The third-order valence-electron chi connectivity index (χ3n) is 4.66. The smallest absolute Gasteiger partial charge is 0.410 e. The van der Waals surface area contributed by atoms with Gasteiger partial charge in [0.25, 0.3) is 0 Å². The van der Waals surface area contributed by atoms with Crippen LogP contribution in [-0.4, -0.2) is 63.4 Å². The molecule has 0 spiro atoms. The Balaban J connectivity index is 1.53. The maximum absolute atomic E-state index is 12.7. The largest absolute Gasteiger partial charge is 0.444 e. The highest BCUT2D eigenvalue weighted by Gasteiger charge is 2.40. The Morgan fingerprint density at radius 3 is 2.48 bits per heavy atom. The molecule has 0 bridgehead atoms. The lowest BCUT2D eigenvalue weighted by Gasteiger charge is -2.40. The number of ether oxygens (including phenoxy) is 1. The molecule has 1 saturated heterocycles. The van der Waals surface area contributed by atoms with Crippen LogP contribution in [0.2, 0.25) is 0 Å². The van der Waals surface area contributed by atoms with E-state index < -0.39 is 5.60 Å². The quantitative estimate of drug-likeness (QED) is 0.708. The van der Waals surface area contributed by atoms with Crippen LogP contribution >= 0.6 is 15.9 Å². The molecule has 3 heterocycles. The number of halogens is 1. The molecular weight excluding hydrogens is 388 g/mol. The van der Waals surface area contributed by atoms with Gasteiger partial charge in [0.05, 0.1) is 12.5 Å². The van der Waals surface area contributed by atoms with E-state index in [1.807, 2.05) is 37.3 Å². The van der Waals surface area contributed by atoms with Gasteiger partial charge >= 0.3 is 6.09 Å². The molecule has 3 rings (SSSR count). The first-order valence-electron chi connectivity index (χ1n) is 8.64. The third-order valence-corrected chi connectivity index (χ3v) is 5.41. The van der Waals surface area contributed by atoms with Gasteiger partial charge in [0.15, 0.2) is 0 Å². The van der Waals surface area contributed by atoms with Gasteiger partial charge < -0.3 is 14.5 Å². The SMILES string of the molecule is Cc1c(Br)nn2c1CCN(C(=O)C1CN(C(=O)OC(C)(C)C)C1)CC2. The molecule has 0 saturated carbocycles. The number of carbonyl (C=O) groups is 2. The first kappa shape index (κ1) is 18.2. The number of hydrogen-bond donors (Lipinski definition) is 0. The van der Waals surface area contributed by atoms with E-state index in [2.05, 4.69) is 21.0 Å². The van der Waals surface area contributed by atoms with Gasteiger partial charge in [0.2, 0.25) is 5.91 Å². The maximum atomic E-state index is 12.7. The van der Waals surface area contributed by atoms with Crippen LogP contribution in [-0.2, 0) is 22.5 Å². The molecule has 0 aromatic carbocycles. The summed E-state index contributed by atoms with van der Waals surface area (Å²) >= 11 is 3.47. The van der Waals surface area contributed by atoms with Crippen molar-refractivity contribution >= 4 is 27.9 Å². The highest BCUT2D eigenvalue weighted by Crippen LogP contribution is 2.24. The van der Waals surface area contributed by atoms with Crippen LogP contribution in [0.15, 0.2) is 4.60 Å². The van der Waals surface area contributed by atoms with Crippen molar-refractivity contribution < 1.29 is 14.3 Å². The number of aromatic nitrogens is 2. The van der Waals surface area contributed by atoms with E-state index in [9.17, 15) is 9.59 Å². The van der Waals surface area contributed by atoms with E-state index in [1.165, 1.54) is 5.69 Å².